The lowest BCUT2D eigenvalue weighted by molar-refractivity contribution is -0.137. The Morgan fingerprint density at radius 3 is 2.36 bits per heavy atom. The van der Waals surface area contributed by atoms with Gasteiger partial charge in [0.15, 0.2) is 0 Å². The second-order valence-electron chi connectivity index (χ2n) is 6.94. The zero-order valence-electron chi connectivity index (χ0n) is 14.6. The summed E-state index contributed by atoms with van der Waals surface area (Å²) in [7, 11) is 0. The van der Waals surface area contributed by atoms with Crippen LogP contribution in [0.5, 0.6) is 0 Å². The zero-order valence-corrected chi connectivity index (χ0v) is 14.6. The Morgan fingerprint density at radius 1 is 1.24 bits per heavy atom. The minimum absolute atomic E-state index is 0.0315. The molecule has 0 spiro atoms. The van der Waals surface area contributed by atoms with E-state index in [9.17, 15) is 22.8 Å². The lowest BCUT2D eigenvalue weighted by atomic mass is 10.0. The van der Waals surface area contributed by atoms with Gasteiger partial charge in [-0.25, -0.2) is 0 Å². The van der Waals surface area contributed by atoms with Crippen molar-refractivity contribution in [1.82, 2.24) is 10.2 Å². The van der Waals surface area contributed by atoms with Crippen molar-refractivity contribution in [3.05, 3.63) is 35.4 Å². The molecule has 0 saturated carbocycles. The number of rotatable bonds is 5. The van der Waals surface area contributed by atoms with Gasteiger partial charge in [-0.2, -0.15) is 13.2 Å². The number of hydrogen-bond acceptors (Lipinski definition) is 2. The lowest BCUT2D eigenvalue weighted by Crippen LogP contribution is -2.35. The third kappa shape index (κ3) is 4.96. The maximum absolute atomic E-state index is 12.6. The van der Waals surface area contributed by atoms with E-state index in [4.69, 9.17) is 0 Å². The maximum atomic E-state index is 12.6. The maximum Gasteiger partial charge on any atom is 0.416 e. The Kier molecular flexibility index (Phi) is 5.75. The molecule has 0 radical (unpaired) electrons. The summed E-state index contributed by atoms with van der Waals surface area (Å²) in [5, 5.41) is 2.79. The molecule has 2 rings (SSSR count). The fraction of sp³-hybridized carbons (Fsp3) is 0.556. The van der Waals surface area contributed by atoms with Crippen molar-refractivity contribution in [2.24, 2.45) is 11.8 Å². The summed E-state index contributed by atoms with van der Waals surface area (Å²) >= 11 is 0. The number of hydrogen-bond donors (Lipinski definition) is 1. The monoisotopic (exact) mass is 356 g/mol. The van der Waals surface area contributed by atoms with Gasteiger partial charge < -0.3 is 10.2 Å². The molecule has 1 aromatic rings. The van der Waals surface area contributed by atoms with Crippen LogP contribution in [-0.2, 0) is 15.8 Å². The van der Waals surface area contributed by atoms with E-state index in [1.807, 2.05) is 13.8 Å². The van der Waals surface area contributed by atoms with E-state index in [0.717, 1.165) is 12.1 Å². The van der Waals surface area contributed by atoms with Crippen LogP contribution >= 0.6 is 0 Å². The summed E-state index contributed by atoms with van der Waals surface area (Å²) in [6.07, 6.45) is -4.20. The number of benzene rings is 1. The van der Waals surface area contributed by atoms with Gasteiger partial charge in [-0.15, -0.1) is 0 Å². The van der Waals surface area contributed by atoms with Gasteiger partial charge in [0.25, 0.3) is 0 Å². The van der Waals surface area contributed by atoms with E-state index in [1.165, 1.54) is 12.1 Å². The molecule has 1 aromatic carbocycles. The van der Waals surface area contributed by atoms with Crippen molar-refractivity contribution in [3.8, 4) is 0 Å². The predicted octanol–water partition coefficient (Wildman–Crippen LogP) is 3.39. The topological polar surface area (TPSA) is 49.4 Å². The zero-order chi connectivity index (χ0) is 18.8. The molecule has 0 aromatic heterocycles. The fourth-order valence-electron chi connectivity index (χ4n) is 2.94. The van der Waals surface area contributed by atoms with Crippen molar-refractivity contribution in [3.63, 3.8) is 0 Å². The molecule has 138 valence electrons. The van der Waals surface area contributed by atoms with Gasteiger partial charge >= 0.3 is 6.18 Å². The molecule has 2 atom stereocenters. The molecule has 1 aliphatic rings. The fourth-order valence-corrected chi connectivity index (χ4v) is 2.94. The first kappa shape index (κ1) is 19.3. The van der Waals surface area contributed by atoms with E-state index < -0.39 is 23.7 Å². The first-order valence-electron chi connectivity index (χ1n) is 8.33. The van der Waals surface area contributed by atoms with Crippen LogP contribution in [0.1, 0.15) is 44.4 Å². The molecule has 2 amide bonds. The lowest BCUT2D eigenvalue weighted by Gasteiger charge is -2.20. The Hall–Kier alpha value is -2.05. The molecular weight excluding hydrogens is 333 g/mol. The van der Waals surface area contributed by atoms with Gasteiger partial charge in [-0.1, -0.05) is 26.0 Å². The molecule has 0 bridgehead atoms. The molecule has 4 nitrogen and oxygen atoms in total. The molecule has 1 heterocycles. The number of nitrogens with zero attached hydrogens (tertiary/aromatic N) is 1. The standard InChI is InChI=1S/C18H23F3N2O2/c1-11(2)9-23-10-14(8-16(23)24)17(25)22-12(3)13-4-6-15(7-5-13)18(19,20)21/h4-7,11-12,14H,8-10H2,1-3H3,(H,22,25)/t12-,14+/m0/s1. The highest BCUT2D eigenvalue weighted by atomic mass is 19.4. The molecule has 7 heteroatoms. The van der Waals surface area contributed by atoms with Crippen LogP contribution in [0.15, 0.2) is 24.3 Å². The van der Waals surface area contributed by atoms with Crippen molar-refractivity contribution in [2.75, 3.05) is 13.1 Å². The summed E-state index contributed by atoms with van der Waals surface area (Å²) in [6, 6.07) is 4.30. The van der Waals surface area contributed by atoms with Crippen LogP contribution in [0.3, 0.4) is 0 Å². The van der Waals surface area contributed by atoms with E-state index in [1.54, 1.807) is 11.8 Å². The second kappa shape index (κ2) is 7.45. The Balaban J connectivity index is 1.95. The number of carbonyl (C=O) groups is 2. The largest absolute Gasteiger partial charge is 0.416 e. The molecule has 1 saturated heterocycles. The van der Waals surface area contributed by atoms with Crippen LogP contribution in [0, 0.1) is 11.8 Å². The number of amides is 2. The summed E-state index contributed by atoms with van der Waals surface area (Å²) in [4.78, 5) is 26.0. The Labute approximate surface area is 145 Å². The van der Waals surface area contributed by atoms with Crippen molar-refractivity contribution in [1.29, 1.82) is 0 Å². The van der Waals surface area contributed by atoms with Gasteiger partial charge in [0.2, 0.25) is 11.8 Å². The summed E-state index contributed by atoms with van der Waals surface area (Å²) in [5.74, 6) is -0.358. The summed E-state index contributed by atoms with van der Waals surface area (Å²) < 4.78 is 37.8. The van der Waals surface area contributed by atoms with Gasteiger partial charge in [-0.3, -0.25) is 9.59 Å². The van der Waals surface area contributed by atoms with E-state index >= 15 is 0 Å². The van der Waals surface area contributed by atoms with Crippen LogP contribution in [0.4, 0.5) is 13.2 Å². The van der Waals surface area contributed by atoms with Gasteiger partial charge in [-0.05, 0) is 30.5 Å². The number of likely N-dealkylation sites (tertiary alicyclic amines) is 1. The Morgan fingerprint density at radius 2 is 1.84 bits per heavy atom. The molecule has 1 aliphatic heterocycles. The van der Waals surface area contributed by atoms with Crippen molar-refractivity contribution in [2.45, 2.75) is 39.4 Å². The van der Waals surface area contributed by atoms with Crippen LogP contribution in [-0.4, -0.2) is 29.8 Å². The van der Waals surface area contributed by atoms with E-state index in [2.05, 4.69) is 5.32 Å². The second-order valence-corrected chi connectivity index (χ2v) is 6.94. The summed E-state index contributed by atoms with van der Waals surface area (Å²) in [5.41, 5.74) is -0.134. The number of halogens is 3. The van der Waals surface area contributed by atoms with E-state index in [-0.39, 0.29) is 18.2 Å². The highest BCUT2D eigenvalue weighted by molar-refractivity contribution is 5.89. The average Bonchev–Trinajstić information content (AvgIpc) is 2.87. The van der Waals surface area contributed by atoms with Crippen LogP contribution in [0.25, 0.3) is 0 Å². The molecular formula is C18H23F3N2O2. The predicted molar refractivity (Wildman–Crippen MR) is 87.5 cm³/mol. The molecule has 25 heavy (non-hydrogen) atoms. The number of nitrogens with one attached hydrogen (secondary N) is 1. The first-order chi connectivity index (χ1) is 11.6. The van der Waals surface area contributed by atoms with Crippen LogP contribution in [0.2, 0.25) is 0 Å². The smallest absolute Gasteiger partial charge is 0.349 e. The third-order valence-corrected chi connectivity index (χ3v) is 4.27. The third-order valence-electron chi connectivity index (χ3n) is 4.27. The quantitative estimate of drug-likeness (QED) is 0.879. The minimum atomic E-state index is -4.38. The molecule has 1 fully saturated rings. The highest BCUT2D eigenvalue weighted by Crippen LogP contribution is 2.30. The van der Waals surface area contributed by atoms with E-state index in [0.29, 0.717) is 24.6 Å². The highest BCUT2D eigenvalue weighted by Gasteiger charge is 2.35. The number of carbonyl (C=O) groups excluding carboxylic acids is 2. The summed E-state index contributed by atoms with van der Waals surface area (Å²) in [6.45, 7) is 6.74. The van der Waals surface area contributed by atoms with Gasteiger partial charge in [0.1, 0.15) is 0 Å². The molecule has 1 N–H and O–H groups in total. The SMILES string of the molecule is CC(C)CN1C[C@H](C(=O)N[C@@H](C)c2ccc(C(F)(F)F)cc2)CC1=O. The number of alkyl halides is 3. The molecule has 0 unspecified atom stereocenters. The molecule has 0 aliphatic carbocycles. The minimum Gasteiger partial charge on any atom is -0.349 e. The average molecular weight is 356 g/mol. The van der Waals surface area contributed by atoms with Gasteiger partial charge in [0.05, 0.1) is 17.5 Å². The van der Waals surface area contributed by atoms with Crippen LogP contribution < -0.4 is 5.32 Å². The normalized spacial score (nSPS) is 19.4. The first-order valence-corrected chi connectivity index (χ1v) is 8.33. The van der Waals surface area contributed by atoms with Crippen molar-refractivity contribution >= 4 is 11.8 Å². The Bertz CT molecular complexity index is 626. The van der Waals surface area contributed by atoms with Crippen molar-refractivity contribution < 1.29 is 22.8 Å². The van der Waals surface area contributed by atoms with Gasteiger partial charge in [0, 0.05) is 19.5 Å².